The van der Waals surface area contributed by atoms with Gasteiger partial charge in [-0.15, -0.1) is 6.58 Å². The van der Waals surface area contributed by atoms with Crippen LogP contribution < -0.4 is 0 Å². The van der Waals surface area contributed by atoms with Crippen molar-refractivity contribution >= 4 is 10.8 Å². The molecule has 0 N–H and O–H groups in total. The molecule has 0 aromatic heterocycles. The highest BCUT2D eigenvalue weighted by Gasteiger charge is 2.37. The number of hydrogen-bond acceptors (Lipinski definition) is 3. The van der Waals surface area contributed by atoms with Crippen LogP contribution in [0.1, 0.15) is 28.5 Å². The molecule has 0 saturated carbocycles. The molecular weight excluding hydrogens is 474 g/mol. The highest BCUT2D eigenvalue weighted by atomic mass is 19.4. The molecule has 1 aliphatic heterocycles. The van der Waals surface area contributed by atoms with E-state index in [0.29, 0.717) is 48.3 Å². The minimum atomic E-state index is -5.13. The summed E-state index contributed by atoms with van der Waals surface area (Å²) in [6.07, 6.45) is -4.30. The highest BCUT2D eigenvalue weighted by molar-refractivity contribution is 5.84. The number of rotatable bonds is 7. The summed E-state index contributed by atoms with van der Waals surface area (Å²) >= 11 is 0. The summed E-state index contributed by atoms with van der Waals surface area (Å²) in [6, 6.07) is 9.53. The van der Waals surface area contributed by atoms with E-state index in [1.54, 1.807) is 36.4 Å². The summed E-state index contributed by atoms with van der Waals surface area (Å²) in [5, 5.41) is 0.937. The molecule has 1 saturated heterocycles. The Morgan fingerprint density at radius 1 is 0.943 bits per heavy atom. The average molecular weight is 496 g/mol. The second-order valence-corrected chi connectivity index (χ2v) is 8.19. The minimum absolute atomic E-state index is 0.00446. The van der Waals surface area contributed by atoms with Crippen molar-refractivity contribution in [1.82, 2.24) is 0 Å². The Morgan fingerprint density at radius 3 is 2.26 bits per heavy atom. The maximum absolute atomic E-state index is 15.1. The lowest BCUT2D eigenvalue weighted by atomic mass is 9.98. The van der Waals surface area contributed by atoms with Gasteiger partial charge in [0.05, 0.1) is 19.8 Å². The zero-order valence-electron chi connectivity index (χ0n) is 18.5. The molecule has 0 bridgehead atoms. The number of halogens is 6. The van der Waals surface area contributed by atoms with Crippen LogP contribution in [-0.2, 0) is 33.2 Å². The quantitative estimate of drug-likeness (QED) is 0.270. The van der Waals surface area contributed by atoms with Crippen LogP contribution in [0.3, 0.4) is 0 Å². The van der Waals surface area contributed by atoms with Crippen LogP contribution >= 0.6 is 0 Å². The molecule has 186 valence electrons. The van der Waals surface area contributed by atoms with Gasteiger partial charge in [0.25, 0.3) is 0 Å². The van der Waals surface area contributed by atoms with E-state index in [1.165, 1.54) is 0 Å². The summed E-state index contributed by atoms with van der Waals surface area (Å²) in [4.78, 5) is 0. The summed E-state index contributed by atoms with van der Waals surface area (Å²) in [5.74, 6) is -3.89. The Kier molecular flexibility index (Phi) is 7.49. The lowest BCUT2D eigenvalue weighted by molar-refractivity contribution is -0.228. The first kappa shape index (κ1) is 25.2. The van der Waals surface area contributed by atoms with Gasteiger partial charge in [0.1, 0.15) is 29.1 Å². The maximum atomic E-state index is 15.1. The second kappa shape index (κ2) is 10.4. The summed E-state index contributed by atoms with van der Waals surface area (Å²) in [6.45, 7) is 4.67. The monoisotopic (exact) mass is 496 g/mol. The molecule has 3 aromatic rings. The molecule has 0 aliphatic carbocycles. The van der Waals surface area contributed by atoms with E-state index in [9.17, 15) is 22.0 Å². The van der Waals surface area contributed by atoms with Crippen LogP contribution in [0.2, 0.25) is 0 Å². The lowest BCUT2D eigenvalue weighted by Crippen LogP contribution is -2.33. The number of benzene rings is 3. The third-order valence-electron chi connectivity index (χ3n) is 5.72. The minimum Gasteiger partial charge on any atom is -0.369 e. The van der Waals surface area contributed by atoms with Gasteiger partial charge in [0.2, 0.25) is 0 Å². The van der Waals surface area contributed by atoms with Crippen molar-refractivity contribution in [1.29, 1.82) is 0 Å². The molecule has 3 aromatic carbocycles. The van der Waals surface area contributed by atoms with E-state index in [2.05, 4.69) is 6.58 Å². The van der Waals surface area contributed by atoms with Crippen molar-refractivity contribution in [2.75, 3.05) is 19.8 Å². The first-order valence-corrected chi connectivity index (χ1v) is 10.9. The number of ether oxygens (including phenoxy) is 3. The predicted molar refractivity (Wildman–Crippen MR) is 117 cm³/mol. The SMILES string of the molecule is C=CCOC1COC(c2ccc3c(F)c(CCc4cc(F)c(C(F)(F)F)c(F)c4)ccc3c2)OC1. The van der Waals surface area contributed by atoms with E-state index >= 15 is 4.39 Å². The molecule has 3 nitrogen and oxygen atoms in total. The van der Waals surface area contributed by atoms with Gasteiger partial charge in [-0.2, -0.15) is 13.2 Å². The molecule has 4 rings (SSSR count). The van der Waals surface area contributed by atoms with Gasteiger partial charge < -0.3 is 14.2 Å². The molecule has 0 radical (unpaired) electrons. The van der Waals surface area contributed by atoms with Crippen LogP contribution in [0, 0.1) is 17.5 Å². The normalized spacial score (nSPS) is 18.7. The zero-order valence-corrected chi connectivity index (χ0v) is 18.5. The first-order chi connectivity index (χ1) is 16.7. The highest BCUT2D eigenvalue weighted by Crippen LogP contribution is 2.34. The lowest BCUT2D eigenvalue weighted by Gasteiger charge is -2.29. The summed E-state index contributed by atoms with van der Waals surface area (Å²) in [7, 11) is 0. The Bertz CT molecular complexity index is 1190. The Morgan fingerprint density at radius 2 is 1.63 bits per heavy atom. The predicted octanol–water partition coefficient (Wildman–Crippen LogP) is 6.68. The number of alkyl halides is 3. The van der Waals surface area contributed by atoms with Crippen LogP contribution in [0.4, 0.5) is 26.3 Å². The Hall–Kier alpha value is -2.88. The van der Waals surface area contributed by atoms with Crippen LogP contribution in [0.15, 0.2) is 55.1 Å². The van der Waals surface area contributed by atoms with Gasteiger partial charge in [0.15, 0.2) is 6.29 Å². The fourth-order valence-electron chi connectivity index (χ4n) is 3.99. The van der Waals surface area contributed by atoms with Crippen LogP contribution in [0.25, 0.3) is 10.8 Å². The molecular formula is C26H22F6O3. The van der Waals surface area contributed by atoms with Crippen molar-refractivity contribution in [2.24, 2.45) is 0 Å². The molecule has 35 heavy (non-hydrogen) atoms. The zero-order chi connectivity index (χ0) is 25.2. The fraction of sp³-hybridized carbons (Fsp3) is 0.308. The number of hydrogen-bond donors (Lipinski definition) is 0. The molecule has 0 spiro atoms. The molecule has 0 amide bonds. The van der Waals surface area contributed by atoms with Crippen molar-refractivity contribution in [3.8, 4) is 0 Å². The molecule has 0 atom stereocenters. The Balaban J connectivity index is 1.46. The fourth-order valence-corrected chi connectivity index (χ4v) is 3.99. The third-order valence-corrected chi connectivity index (χ3v) is 5.72. The van der Waals surface area contributed by atoms with Crippen molar-refractivity contribution < 1.29 is 40.6 Å². The summed E-state index contributed by atoms with van der Waals surface area (Å²) in [5.41, 5.74) is -0.939. The first-order valence-electron chi connectivity index (χ1n) is 10.9. The van der Waals surface area contributed by atoms with Gasteiger partial charge >= 0.3 is 6.18 Å². The van der Waals surface area contributed by atoms with Crippen molar-refractivity contribution in [3.05, 3.63) is 94.8 Å². The van der Waals surface area contributed by atoms with Gasteiger partial charge in [-0.25, -0.2) is 13.2 Å². The van der Waals surface area contributed by atoms with E-state index in [-0.39, 0.29) is 30.1 Å². The van der Waals surface area contributed by atoms with Gasteiger partial charge in [-0.05, 0) is 47.6 Å². The third kappa shape index (κ3) is 5.69. The van der Waals surface area contributed by atoms with E-state index < -0.39 is 35.5 Å². The standard InChI is InChI=1S/C26H22F6O3/c1-2-9-33-19-13-34-25(35-14-19)18-7-8-20-17(12-18)6-5-16(24(20)29)4-3-15-10-21(27)23(22(28)11-15)26(30,31)32/h2,5-8,10-12,19,25H,1,3-4,9,13-14H2. The molecule has 0 unspecified atom stereocenters. The maximum Gasteiger partial charge on any atom is 0.422 e. The molecule has 9 heteroatoms. The van der Waals surface area contributed by atoms with E-state index in [0.717, 1.165) is 0 Å². The average Bonchev–Trinajstić information content (AvgIpc) is 2.81. The molecule has 1 heterocycles. The van der Waals surface area contributed by atoms with Gasteiger partial charge in [0, 0.05) is 10.9 Å². The largest absolute Gasteiger partial charge is 0.422 e. The summed E-state index contributed by atoms with van der Waals surface area (Å²) < 4.78 is 97.9. The van der Waals surface area contributed by atoms with Crippen LogP contribution in [0.5, 0.6) is 0 Å². The smallest absolute Gasteiger partial charge is 0.369 e. The van der Waals surface area contributed by atoms with Gasteiger partial charge in [-0.3, -0.25) is 0 Å². The number of fused-ring (bicyclic) bond motifs is 1. The van der Waals surface area contributed by atoms with Crippen molar-refractivity contribution in [2.45, 2.75) is 31.4 Å². The molecule has 1 fully saturated rings. The van der Waals surface area contributed by atoms with Crippen molar-refractivity contribution in [3.63, 3.8) is 0 Å². The van der Waals surface area contributed by atoms with E-state index in [4.69, 9.17) is 14.2 Å². The second-order valence-electron chi connectivity index (χ2n) is 8.19. The topological polar surface area (TPSA) is 27.7 Å². The van der Waals surface area contributed by atoms with Crippen LogP contribution in [-0.4, -0.2) is 25.9 Å². The number of aryl methyl sites for hydroxylation is 2. The molecule has 1 aliphatic rings. The van der Waals surface area contributed by atoms with E-state index in [1.807, 2.05) is 0 Å². The van der Waals surface area contributed by atoms with Gasteiger partial charge in [-0.1, -0.05) is 30.3 Å². The Labute approximate surface area is 197 Å².